The minimum Gasteiger partial charge on any atom is -0.465 e. The van der Waals surface area contributed by atoms with Gasteiger partial charge in [-0.05, 0) is 23.8 Å². The lowest BCUT2D eigenvalue weighted by Gasteiger charge is -2.18. The number of rotatable bonds is 5. The number of nitrogens with one attached hydrogen (secondary N) is 1. The third-order valence-corrected chi connectivity index (χ3v) is 5.25. The Morgan fingerprint density at radius 1 is 1.09 bits per heavy atom. The molecule has 0 heterocycles. The fraction of sp³-hybridized carbons (Fsp3) is 0.133. The number of carboxylic acid groups (broad SMARTS) is 1. The minimum absolute atomic E-state index is 0.000244. The lowest BCUT2D eigenvalue weighted by atomic mass is 10.1. The Morgan fingerprint density at radius 3 is 2.30 bits per heavy atom. The van der Waals surface area contributed by atoms with Gasteiger partial charge in [-0.1, -0.05) is 30.3 Å². The van der Waals surface area contributed by atoms with Crippen LogP contribution >= 0.6 is 0 Å². The van der Waals surface area contributed by atoms with E-state index in [-0.39, 0.29) is 22.7 Å². The van der Waals surface area contributed by atoms with E-state index >= 15 is 0 Å². The zero-order valence-electron chi connectivity index (χ0n) is 12.1. The average molecular weight is 335 g/mol. The van der Waals surface area contributed by atoms with E-state index in [9.17, 15) is 13.2 Å². The summed E-state index contributed by atoms with van der Waals surface area (Å²) >= 11 is 0. The van der Waals surface area contributed by atoms with Crippen molar-refractivity contribution in [3.8, 4) is 0 Å². The molecule has 0 radical (unpaired) electrons. The highest BCUT2D eigenvalue weighted by atomic mass is 32.2. The van der Waals surface area contributed by atoms with Gasteiger partial charge in [0.2, 0.25) is 0 Å². The normalized spacial score (nSPS) is 12.5. The molecule has 0 aliphatic heterocycles. The van der Waals surface area contributed by atoms with Crippen molar-refractivity contribution in [3.05, 3.63) is 54.1 Å². The third kappa shape index (κ3) is 3.92. The lowest BCUT2D eigenvalue weighted by Crippen LogP contribution is -2.41. The molecule has 1 amide bonds. The molecule has 0 aliphatic rings. The van der Waals surface area contributed by atoms with Crippen LogP contribution < -0.4 is 16.8 Å². The van der Waals surface area contributed by atoms with E-state index in [0.29, 0.717) is 5.56 Å². The Hall–Kier alpha value is -2.74. The van der Waals surface area contributed by atoms with Crippen molar-refractivity contribution in [1.82, 2.24) is 5.32 Å². The van der Waals surface area contributed by atoms with Crippen molar-refractivity contribution in [1.29, 1.82) is 0 Å². The summed E-state index contributed by atoms with van der Waals surface area (Å²) in [7, 11) is -3.96. The molecule has 23 heavy (non-hydrogen) atoms. The first-order valence-corrected chi connectivity index (χ1v) is 8.27. The summed E-state index contributed by atoms with van der Waals surface area (Å²) in [6.45, 7) is 0. The largest absolute Gasteiger partial charge is 0.465 e. The molecule has 0 spiro atoms. The third-order valence-electron chi connectivity index (χ3n) is 3.31. The Kier molecular flexibility index (Phi) is 4.75. The van der Waals surface area contributed by atoms with Gasteiger partial charge in [-0.3, -0.25) is 0 Å². The zero-order chi connectivity index (χ0) is 17.0. The first-order chi connectivity index (χ1) is 10.8. The predicted molar refractivity (Wildman–Crippen MR) is 87.5 cm³/mol. The van der Waals surface area contributed by atoms with E-state index in [1.54, 1.807) is 30.3 Å². The fourth-order valence-electron chi connectivity index (χ4n) is 2.10. The highest BCUT2D eigenvalue weighted by Crippen LogP contribution is 2.23. The summed E-state index contributed by atoms with van der Waals surface area (Å²) in [5.74, 6) is 0. The van der Waals surface area contributed by atoms with Gasteiger partial charge in [-0.15, -0.1) is 0 Å². The van der Waals surface area contributed by atoms with Crippen molar-refractivity contribution in [3.63, 3.8) is 0 Å². The van der Waals surface area contributed by atoms with E-state index in [2.05, 4.69) is 5.32 Å². The summed E-state index contributed by atoms with van der Waals surface area (Å²) in [6.07, 6.45) is -1.42. The van der Waals surface area contributed by atoms with E-state index in [0.717, 1.165) is 0 Å². The standard InChI is InChI=1S/C15H17N3O4S/c16-12-7-6-11(9-13(12)17)23(21,22)14(18-15(19)20)8-10-4-2-1-3-5-10/h1-7,9,14,18H,8,16-17H2,(H,19,20). The van der Waals surface area contributed by atoms with Gasteiger partial charge in [0.15, 0.2) is 9.84 Å². The molecule has 7 nitrogen and oxygen atoms in total. The zero-order valence-corrected chi connectivity index (χ0v) is 13.0. The van der Waals surface area contributed by atoms with Crippen molar-refractivity contribution in [2.75, 3.05) is 11.5 Å². The average Bonchev–Trinajstić information content (AvgIpc) is 2.50. The van der Waals surface area contributed by atoms with Crippen molar-refractivity contribution >= 4 is 27.3 Å². The molecule has 0 aliphatic carbocycles. The van der Waals surface area contributed by atoms with Crippen LogP contribution in [-0.4, -0.2) is 25.0 Å². The maximum absolute atomic E-state index is 12.7. The van der Waals surface area contributed by atoms with Crippen LogP contribution in [0.15, 0.2) is 53.4 Å². The molecule has 1 atom stereocenters. The maximum atomic E-state index is 12.7. The molecule has 2 aromatic rings. The Balaban J connectivity index is 2.40. The van der Waals surface area contributed by atoms with Gasteiger partial charge >= 0.3 is 6.09 Å². The number of hydrogen-bond donors (Lipinski definition) is 4. The molecule has 0 saturated carbocycles. The number of hydrogen-bond acceptors (Lipinski definition) is 5. The second kappa shape index (κ2) is 6.57. The van der Waals surface area contributed by atoms with Gasteiger partial charge in [0.1, 0.15) is 5.37 Å². The summed E-state index contributed by atoms with van der Waals surface area (Å²) in [6, 6.07) is 12.7. The maximum Gasteiger partial charge on any atom is 0.405 e. The topological polar surface area (TPSA) is 136 Å². The summed E-state index contributed by atoms with van der Waals surface area (Å²) in [5.41, 5.74) is 12.3. The minimum atomic E-state index is -3.96. The van der Waals surface area contributed by atoms with Crippen LogP contribution in [0.2, 0.25) is 0 Å². The first kappa shape index (κ1) is 16.6. The fourth-order valence-corrected chi connectivity index (χ4v) is 3.64. The number of benzene rings is 2. The first-order valence-electron chi connectivity index (χ1n) is 6.73. The van der Waals surface area contributed by atoms with E-state index in [1.165, 1.54) is 18.2 Å². The van der Waals surface area contributed by atoms with Gasteiger partial charge in [0.25, 0.3) is 0 Å². The molecule has 2 aromatic carbocycles. The molecule has 0 saturated heterocycles. The number of anilines is 2. The number of amides is 1. The van der Waals surface area contributed by atoms with Crippen molar-refractivity contribution in [2.45, 2.75) is 16.7 Å². The Morgan fingerprint density at radius 2 is 1.74 bits per heavy atom. The summed E-state index contributed by atoms with van der Waals surface area (Å²) in [5, 5.41) is 9.68. The molecule has 0 bridgehead atoms. The van der Waals surface area contributed by atoms with Crippen LogP contribution in [0.4, 0.5) is 16.2 Å². The molecule has 8 heteroatoms. The van der Waals surface area contributed by atoms with Crippen molar-refractivity contribution in [2.24, 2.45) is 0 Å². The second-order valence-corrected chi connectivity index (χ2v) is 7.09. The van der Waals surface area contributed by atoms with Gasteiger partial charge in [0, 0.05) is 6.42 Å². The van der Waals surface area contributed by atoms with Crippen molar-refractivity contribution < 1.29 is 18.3 Å². The SMILES string of the molecule is Nc1ccc(S(=O)(=O)C(Cc2ccccc2)NC(=O)O)cc1N. The molecule has 6 N–H and O–H groups in total. The predicted octanol–water partition coefficient (Wildman–Crippen LogP) is 1.46. The van der Waals surface area contributed by atoms with Crippen LogP contribution in [0.25, 0.3) is 0 Å². The van der Waals surface area contributed by atoms with E-state index in [1.807, 2.05) is 0 Å². The smallest absolute Gasteiger partial charge is 0.405 e. The molecular weight excluding hydrogens is 318 g/mol. The van der Waals surface area contributed by atoms with Gasteiger partial charge < -0.3 is 21.9 Å². The quantitative estimate of drug-likeness (QED) is 0.611. The molecule has 0 fully saturated rings. The highest BCUT2D eigenvalue weighted by molar-refractivity contribution is 7.92. The molecule has 2 rings (SSSR count). The number of carbonyl (C=O) groups is 1. The van der Waals surface area contributed by atoms with Crippen LogP contribution in [0, 0.1) is 0 Å². The van der Waals surface area contributed by atoms with Crippen LogP contribution in [0.3, 0.4) is 0 Å². The van der Waals surface area contributed by atoms with Crippen LogP contribution in [-0.2, 0) is 16.3 Å². The number of nitrogen functional groups attached to an aromatic ring is 2. The van der Waals surface area contributed by atoms with E-state index in [4.69, 9.17) is 16.6 Å². The number of sulfone groups is 1. The van der Waals surface area contributed by atoms with Crippen LogP contribution in [0.5, 0.6) is 0 Å². The second-order valence-electron chi connectivity index (χ2n) is 4.96. The summed E-state index contributed by atoms with van der Waals surface area (Å²) < 4.78 is 25.4. The molecule has 122 valence electrons. The lowest BCUT2D eigenvalue weighted by molar-refractivity contribution is 0.193. The molecule has 0 aromatic heterocycles. The summed E-state index contributed by atoms with van der Waals surface area (Å²) in [4.78, 5) is 10.9. The number of nitrogens with two attached hydrogens (primary N) is 2. The van der Waals surface area contributed by atoms with E-state index < -0.39 is 21.3 Å². The monoisotopic (exact) mass is 335 g/mol. The Labute approximate surface area is 133 Å². The molecular formula is C15H17N3O4S. The highest BCUT2D eigenvalue weighted by Gasteiger charge is 2.29. The van der Waals surface area contributed by atoms with Gasteiger partial charge in [-0.25, -0.2) is 13.2 Å². The molecule has 1 unspecified atom stereocenters. The Bertz CT molecular complexity index is 807. The van der Waals surface area contributed by atoms with Crippen LogP contribution in [0.1, 0.15) is 5.56 Å². The van der Waals surface area contributed by atoms with Gasteiger partial charge in [0.05, 0.1) is 16.3 Å². The van der Waals surface area contributed by atoms with Gasteiger partial charge in [-0.2, -0.15) is 0 Å².